The summed E-state index contributed by atoms with van der Waals surface area (Å²) >= 11 is 0. The molecule has 2 heterocycles. The topological polar surface area (TPSA) is 58.2 Å². The van der Waals surface area contributed by atoms with Crippen molar-refractivity contribution in [3.05, 3.63) is 17.7 Å². The van der Waals surface area contributed by atoms with E-state index >= 15 is 0 Å². The van der Waals surface area contributed by atoms with Gasteiger partial charge in [0.25, 0.3) is 0 Å². The smallest absolute Gasteiger partial charge is 0.411 e. The van der Waals surface area contributed by atoms with Gasteiger partial charge < -0.3 is 9.72 Å². The molecule has 5 nitrogen and oxygen atoms in total. The van der Waals surface area contributed by atoms with Crippen LogP contribution in [-0.2, 0) is 4.74 Å². The van der Waals surface area contributed by atoms with E-state index in [1.54, 1.807) is 6.20 Å². The first kappa shape index (κ1) is 17.5. The molecular formula is C16H29N3O2. The molecule has 1 aliphatic rings. The second-order valence-corrected chi connectivity index (χ2v) is 6.28. The molecule has 0 saturated carbocycles. The fourth-order valence-corrected chi connectivity index (χ4v) is 2.48. The monoisotopic (exact) mass is 295 g/mol. The van der Waals surface area contributed by atoms with Crippen molar-refractivity contribution in [2.45, 2.75) is 79.0 Å². The quantitative estimate of drug-likeness (QED) is 0.844. The normalized spacial score (nSPS) is 21.8. The van der Waals surface area contributed by atoms with Crippen molar-refractivity contribution in [3.63, 3.8) is 0 Å². The van der Waals surface area contributed by atoms with Crippen LogP contribution in [0.4, 0.5) is 4.79 Å². The summed E-state index contributed by atoms with van der Waals surface area (Å²) < 4.78 is 5.50. The van der Waals surface area contributed by atoms with Gasteiger partial charge in [-0.1, -0.05) is 13.8 Å². The Hall–Kier alpha value is -1.52. The first-order valence-corrected chi connectivity index (χ1v) is 7.81. The lowest BCUT2D eigenvalue weighted by Crippen LogP contribution is -2.40. The molecule has 0 spiro atoms. The van der Waals surface area contributed by atoms with Crippen molar-refractivity contribution in [1.29, 1.82) is 0 Å². The number of carbonyl (C=O) groups is 1. The van der Waals surface area contributed by atoms with Crippen molar-refractivity contribution in [2.24, 2.45) is 0 Å². The number of likely N-dealkylation sites (tertiary alicyclic amines) is 1. The number of nitrogens with zero attached hydrogens (tertiary/aromatic N) is 2. The Bertz CT molecular complexity index is 462. The summed E-state index contributed by atoms with van der Waals surface area (Å²) in [6.07, 6.45) is 3.44. The number of hydrogen-bond acceptors (Lipinski definition) is 3. The summed E-state index contributed by atoms with van der Waals surface area (Å²) in [5, 5.41) is 0. The van der Waals surface area contributed by atoms with E-state index in [0.29, 0.717) is 0 Å². The number of imidazole rings is 1. The van der Waals surface area contributed by atoms with Gasteiger partial charge in [-0.05, 0) is 47.5 Å². The number of carbonyl (C=O) groups excluding carboxylic acids is 1. The maximum Gasteiger partial charge on any atom is 0.411 e. The second-order valence-electron chi connectivity index (χ2n) is 6.28. The molecule has 120 valence electrons. The van der Waals surface area contributed by atoms with Crippen LogP contribution in [0, 0.1) is 6.92 Å². The predicted octanol–water partition coefficient (Wildman–Crippen LogP) is 4.20. The van der Waals surface area contributed by atoms with E-state index in [9.17, 15) is 4.79 Å². The van der Waals surface area contributed by atoms with Crippen LogP contribution in [0.25, 0.3) is 0 Å². The molecule has 1 aromatic heterocycles. The van der Waals surface area contributed by atoms with Gasteiger partial charge in [-0.15, -0.1) is 0 Å². The Labute approximate surface area is 128 Å². The molecule has 0 bridgehead atoms. The second kappa shape index (κ2) is 6.96. The van der Waals surface area contributed by atoms with Crippen molar-refractivity contribution in [3.8, 4) is 0 Å². The van der Waals surface area contributed by atoms with Crippen molar-refractivity contribution < 1.29 is 9.53 Å². The average Bonchev–Trinajstić information content (AvgIpc) is 2.95. The highest BCUT2D eigenvalue weighted by Gasteiger charge is 2.39. The molecule has 21 heavy (non-hydrogen) atoms. The van der Waals surface area contributed by atoms with E-state index in [0.717, 1.165) is 24.4 Å². The van der Waals surface area contributed by atoms with Crippen LogP contribution in [0.2, 0.25) is 0 Å². The highest BCUT2D eigenvalue weighted by atomic mass is 16.6. The van der Waals surface area contributed by atoms with Gasteiger partial charge in [0.05, 0.1) is 6.04 Å². The van der Waals surface area contributed by atoms with Crippen molar-refractivity contribution in [1.82, 2.24) is 14.9 Å². The molecular weight excluding hydrogens is 266 g/mol. The minimum atomic E-state index is -0.469. The van der Waals surface area contributed by atoms with E-state index in [2.05, 4.69) is 16.9 Å². The van der Waals surface area contributed by atoms with Gasteiger partial charge in [0.1, 0.15) is 11.4 Å². The highest BCUT2D eigenvalue weighted by molar-refractivity contribution is 5.69. The number of rotatable bonds is 1. The molecule has 2 unspecified atom stereocenters. The minimum Gasteiger partial charge on any atom is -0.444 e. The number of nitrogens with one attached hydrogen (secondary N) is 1. The molecule has 1 N–H and O–H groups in total. The molecule has 1 aliphatic heterocycles. The van der Waals surface area contributed by atoms with Crippen LogP contribution in [0.1, 0.15) is 71.9 Å². The summed E-state index contributed by atoms with van der Waals surface area (Å²) in [6, 6.07) is 0.184. The molecule has 5 heteroatoms. The summed E-state index contributed by atoms with van der Waals surface area (Å²) in [5.41, 5.74) is 0.543. The Morgan fingerprint density at radius 2 is 2.00 bits per heavy atom. The summed E-state index contributed by atoms with van der Waals surface area (Å²) in [7, 11) is 0. The fraction of sp³-hybridized carbons (Fsp3) is 0.750. The zero-order chi connectivity index (χ0) is 16.2. The molecule has 2 rings (SSSR count). The third-order valence-corrected chi connectivity index (χ3v) is 3.31. The lowest BCUT2D eigenvalue weighted by molar-refractivity contribution is 0.0151. The number of H-pyrrole nitrogens is 1. The first-order valence-electron chi connectivity index (χ1n) is 7.81. The number of ether oxygens (including phenoxy) is 1. The van der Waals surface area contributed by atoms with Crippen molar-refractivity contribution >= 4 is 6.09 Å². The van der Waals surface area contributed by atoms with E-state index < -0.39 is 5.60 Å². The molecule has 0 aliphatic carbocycles. The lowest BCUT2D eigenvalue weighted by atomic mass is 10.2. The zero-order valence-electron chi connectivity index (χ0n) is 14.4. The first-order chi connectivity index (χ1) is 9.78. The molecule has 1 amide bonds. The van der Waals surface area contributed by atoms with Crippen LogP contribution in [0.5, 0.6) is 0 Å². The van der Waals surface area contributed by atoms with E-state index in [1.807, 2.05) is 46.4 Å². The lowest BCUT2D eigenvalue weighted by Gasteiger charge is -2.30. The zero-order valence-corrected chi connectivity index (χ0v) is 14.4. The molecule has 1 aromatic rings. The molecule has 2 atom stereocenters. The Morgan fingerprint density at radius 3 is 2.48 bits per heavy atom. The SMILES string of the molecule is CC.Cc1cnc(C2CCC(C)N2C(=O)OC(C)(C)C)[nH]1. The molecule has 0 radical (unpaired) electrons. The van der Waals surface area contributed by atoms with Crippen LogP contribution >= 0.6 is 0 Å². The van der Waals surface area contributed by atoms with Crippen LogP contribution in [0.15, 0.2) is 6.20 Å². The van der Waals surface area contributed by atoms with Crippen molar-refractivity contribution in [2.75, 3.05) is 0 Å². The van der Waals surface area contributed by atoms with Crippen LogP contribution in [0.3, 0.4) is 0 Å². The maximum atomic E-state index is 12.3. The number of hydrogen-bond donors (Lipinski definition) is 1. The fourth-order valence-electron chi connectivity index (χ4n) is 2.48. The van der Waals surface area contributed by atoms with Gasteiger partial charge in [0, 0.05) is 17.9 Å². The molecule has 1 fully saturated rings. The Balaban J connectivity index is 0.00000106. The third-order valence-electron chi connectivity index (χ3n) is 3.31. The summed E-state index contributed by atoms with van der Waals surface area (Å²) in [5.74, 6) is 0.854. The summed E-state index contributed by atoms with van der Waals surface area (Å²) in [6.45, 7) is 13.7. The van der Waals surface area contributed by atoms with E-state index in [1.165, 1.54) is 0 Å². The number of aromatic amines is 1. The predicted molar refractivity (Wildman–Crippen MR) is 84.2 cm³/mol. The van der Waals surface area contributed by atoms with E-state index in [-0.39, 0.29) is 18.2 Å². The third kappa shape index (κ3) is 4.48. The number of aryl methyl sites for hydroxylation is 1. The molecule has 0 aromatic carbocycles. The summed E-state index contributed by atoms with van der Waals surface area (Å²) in [4.78, 5) is 21.7. The van der Waals surface area contributed by atoms with Gasteiger partial charge in [-0.2, -0.15) is 0 Å². The van der Waals surface area contributed by atoms with Crippen LogP contribution < -0.4 is 0 Å². The largest absolute Gasteiger partial charge is 0.444 e. The molecule has 1 saturated heterocycles. The standard InChI is InChI=1S/C14H23N3O2.C2H6/c1-9-8-15-12(16-9)11-7-6-10(2)17(11)13(18)19-14(3,4)5;1-2/h8,10-11H,6-7H2,1-5H3,(H,15,16);1-2H3. The van der Waals surface area contributed by atoms with Gasteiger partial charge in [-0.3, -0.25) is 4.90 Å². The Morgan fingerprint density at radius 1 is 1.38 bits per heavy atom. The average molecular weight is 295 g/mol. The number of aromatic nitrogens is 2. The number of amides is 1. The maximum absolute atomic E-state index is 12.3. The van der Waals surface area contributed by atoms with E-state index in [4.69, 9.17) is 4.74 Å². The highest BCUT2D eigenvalue weighted by Crippen LogP contribution is 2.35. The van der Waals surface area contributed by atoms with Crippen LogP contribution in [-0.4, -0.2) is 32.6 Å². The van der Waals surface area contributed by atoms with Gasteiger partial charge >= 0.3 is 6.09 Å². The van der Waals surface area contributed by atoms with Gasteiger partial charge in [-0.25, -0.2) is 9.78 Å². The van der Waals surface area contributed by atoms with Gasteiger partial charge in [0.15, 0.2) is 0 Å². The van der Waals surface area contributed by atoms with Gasteiger partial charge in [0.2, 0.25) is 0 Å². The Kier molecular flexibility index (Phi) is 5.81. The minimum absolute atomic E-state index is 0.00134.